The van der Waals surface area contributed by atoms with E-state index in [4.69, 9.17) is 0 Å². The highest BCUT2D eigenvalue weighted by Crippen LogP contribution is 2.26. The van der Waals surface area contributed by atoms with Crippen LogP contribution in [0.2, 0.25) is 0 Å². The Kier molecular flexibility index (Phi) is 2.25. The van der Waals surface area contributed by atoms with Crippen LogP contribution in [0, 0.1) is 11.8 Å². The minimum absolute atomic E-state index is 0.883. The zero-order valence-corrected chi connectivity index (χ0v) is 9.19. The van der Waals surface area contributed by atoms with Gasteiger partial charge in [0, 0.05) is 32.9 Å². The first-order chi connectivity index (χ1) is 7.31. The molecule has 0 bridgehead atoms. The quantitative estimate of drug-likeness (QED) is 0.743. The van der Waals surface area contributed by atoms with Crippen LogP contribution in [-0.4, -0.2) is 40.9 Å². The summed E-state index contributed by atoms with van der Waals surface area (Å²) in [6, 6.07) is 2.12. The molecule has 2 atom stereocenters. The number of hydrogen-bond acceptors (Lipinski definition) is 3. The molecule has 4 nitrogen and oxygen atoms in total. The lowest BCUT2D eigenvalue weighted by Crippen LogP contribution is -2.25. The molecular weight excluding hydrogens is 188 g/mol. The molecule has 3 rings (SSSR count). The molecule has 0 unspecified atom stereocenters. The third kappa shape index (κ3) is 1.79. The van der Waals surface area contributed by atoms with Gasteiger partial charge in [-0.2, -0.15) is 5.10 Å². The molecule has 0 spiro atoms. The number of aromatic nitrogens is 2. The molecule has 82 valence electrons. The van der Waals surface area contributed by atoms with E-state index < -0.39 is 0 Å². The molecule has 1 aromatic heterocycles. The van der Waals surface area contributed by atoms with Crippen molar-refractivity contribution in [2.24, 2.45) is 18.9 Å². The van der Waals surface area contributed by atoms with E-state index >= 15 is 0 Å². The monoisotopic (exact) mass is 206 g/mol. The summed E-state index contributed by atoms with van der Waals surface area (Å²) in [7, 11) is 1.98. The van der Waals surface area contributed by atoms with Gasteiger partial charge < -0.3 is 5.32 Å². The fourth-order valence-electron chi connectivity index (χ4n) is 2.86. The second-order valence-electron chi connectivity index (χ2n) is 4.85. The topological polar surface area (TPSA) is 33.1 Å². The van der Waals surface area contributed by atoms with E-state index in [1.807, 2.05) is 17.9 Å². The molecule has 2 aliphatic rings. The van der Waals surface area contributed by atoms with Crippen LogP contribution in [0.5, 0.6) is 0 Å². The lowest BCUT2D eigenvalue weighted by Gasteiger charge is -2.14. The van der Waals surface area contributed by atoms with Crippen molar-refractivity contribution in [3.8, 4) is 0 Å². The summed E-state index contributed by atoms with van der Waals surface area (Å²) in [5.74, 6) is 1.77. The molecule has 2 aliphatic heterocycles. The maximum Gasteiger partial charge on any atom is 0.0764 e. The van der Waals surface area contributed by atoms with E-state index in [0.717, 1.165) is 18.4 Å². The Bertz CT molecular complexity index is 334. The van der Waals surface area contributed by atoms with Gasteiger partial charge in [-0.05, 0) is 31.0 Å². The minimum atomic E-state index is 0.883. The largest absolute Gasteiger partial charge is 0.316 e. The number of likely N-dealkylation sites (tertiary alicyclic amines) is 1. The predicted molar refractivity (Wildman–Crippen MR) is 58.3 cm³/mol. The molecular formula is C11H18N4. The molecule has 0 saturated carbocycles. The van der Waals surface area contributed by atoms with Gasteiger partial charge in [0.05, 0.1) is 5.69 Å². The van der Waals surface area contributed by atoms with Crippen LogP contribution in [0.3, 0.4) is 0 Å². The normalized spacial score (nSPS) is 31.0. The fourth-order valence-corrected chi connectivity index (χ4v) is 2.86. The second-order valence-corrected chi connectivity index (χ2v) is 4.85. The van der Waals surface area contributed by atoms with E-state index in [0.29, 0.717) is 0 Å². The Labute approximate surface area is 90.3 Å². The van der Waals surface area contributed by atoms with Crippen molar-refractivity contribution < 1.29 is 0 Å². The highest BCUT2D eigenvalue weighted by molar-refractivity contribution is 5.00. The molecule has 0 radical (unpaired) electrons. The van der Waals surface area contributed by atoms with Gasteiger partial charge in [-0.15, -0.1) is 0 Å². The van der Waals surface area contributed by atoms with Crippen LogP contribution in [0.1, 0.15) is 5.69 Å². The molecule has 1 N–H and O–H groups in total. The number of nitrogens with zero attached hydrogens (tertiary/aromatic N) is 3. The summed E-state index contributed by atoms with van der Waals surface area (Å²) in [6.07, 6.45) is 2.02. The van der Waals surface area contributed by atoms with E-state index in [-0.39, 0.29) is 0 Å². The predicted octanol–water partition coefficient (Wildman–Crippen LogP) is 0.0713. The van der Waals surface area contributed by atoms with Crippen LogP contribution >= 0.6 is 0 Å². The lowest BCUT2D eigenvalue weighted by atomic mass is 10.0. The summed E-state index contributed by atoms with van der Waals surface area (Å²) >= 11 is 0. The third-order valence-corrected chi connectivity index (χ3v) is 3.62. The first-order valence-corrected chi connectivity index (χ1v) is 5.73. The van der Waals surface area contributed by atoms with E-state index in [2.05, 4.69) is 21.4 Å². The van der Waals surface area contributed by atoms with Gasteiger partial charge in [0.1, 0.15) is 0 Å². The van der Waals surface area contributed by atoms with Crippen molar-refractivity contribution in [1.82, 2.24) is 20.0 Å². The maximum atomic E-state index is 4.43. The molecule has 0 amide bonds. The zero-order chi connectivity index (χ0) is 10.3. The highest BCUT2D eigenvalue weighted by atomic mass is 15.3. The number of aryl methyl sites for hydroxylation is 1. The molecule has 0 aromatic carbocycles. The smallest absolute Gasteiger partial charge is 0.0764 e. The Morgan fingerprint density at radius 2 is 2.13 bits per heavy atom. The average molecular weight is 206 g/mol. The third-order valence-electron chi connectivity index (χ3n) is 3.62. The van der Waals surface area contributed by atoms with Gasteiger partial charge in [-0.25, -0.2) is 0 Å². The summed E-state index contributed by atoms with van der Waals surface area (Å²) in [6.45, 7) is 5.93. The fraction of sp³-hybridized carbons (Fsp3) is 0.727. The van der Waals surface area contributed by atoms with Crippen LogP contribution in [0.4, 0.5) is 0 Å². The molecule has 2 fully saturated rings. The summed E-state index contributed by atoms with van der Waals surface area (Å²) < 4.78 is 1.88. The lowest BCUT2D eigenvalue weighted by molar-refractivity contribution is 0.301. The first-order valence-electron chi connectivity index (χ1n) is 5.73. The van der Waals surface area contributed by atoms with Crippen LogP contribution < -0.4 is 5.32 Å². The molecule has 3 heterocycles. The van der Waals surface area contributed by atoms with Crippen LogP contribution in [0.15, 0.2) is 12.3 Å². The Morgan fingerprint density at radius 1 is 1.40 bits per heavy atom. The van der Waals surface area contributed by atoms with Gasteiger partial charge in [0.2, 0.25) is 0 Å². The molecule has 0 aliphatic carbocycles. The summed E-state index contributed by atoms with van der Waals surface area (Å²) in [4.78, 5) is 2.54. The highest BCUT2D eigenvalue weighted by Gasteiger charge is 2.35. The molecule has 2 saturated heterocycles. The van der Waals surface area contributed by atoms with Gasteiger partial charge >= 0.3 is 0 Å². The zero-order valence-electron chi connectivity index (χ0n) is 9.19. The van der Waals surface area contributed by atoms with Gasteiger partial charge in [0.15, 0.2) is 0 Å². The molecule has 15 heavy (non-hydrogen) atoms. The number of fused-ring (bicyclic) bond motifs is 1. The van der Waals surface area contributed by atoms with E-state index in [9.17, 15) is 0 Å². The molecule has 4 heteroatoms. The van der Waals surface area contributed by atoms with Gasteiger partial charge in [0.25, 0.3) is 0 Å². The van der Waals surface area contributed by atoms with Gasteiger partial charge in [-0.3, -0.25) is 9.58 Å². The standard InChI is InChI=1S/C11H18N4/c1-14-3-2-11(13-14)8-15-6-9-4-12-5-10(9)7-15/h2-3,9-10,12H,4-8H2,1H3/t9-,10+. The van der Waals surface area contributed by atoms with Crippen molar-refractivity contribution >= 4 is 0 Å². The first kappa shape index (κ1) is 9.36. The number of rotatable bonds is 2. The Morgan fingerprint density at radius 3 is 2.73 bits per heavy atom. The van der Waals surface area contributed by atoms with Gasteiger partial charge in [-0.1, -0.05) is 0 Å². The average Bonchev–Trinajstić information content (AvgIpc) is 2.81. The van der Waals surface area contributed by atoms with Crippen molar-refractivity contribution in [3.63, 3.8) is 0 Å². The van der Waals surface area contributed by atoms with Crippen molar-refractivity contribution in [2.75, 3.05) is 26.2 Å². The SMILES string of the molecule is Cn1ccc(CN2C[C@H]3CNC[C@H]3C2)n1. The van der Waals surface area contributed by atoms with E-state index in [1.54, 1.807) is 0 Å². The van der Waals surface area contributed by atoms with Crippen molar-refractivity contribution in [1.29, 1.82) is 0 Å². The van der Waals surface area contributed by atoms with Crippen LogP contribution in [-0.2, 0) is 13.6 Å². The van der Waals surface area contributed by atoms with Crippen LogP contribution in [0.25, 0.3) is 0 Å². The summed E-state index contributed by atoms with van der Waals surface area (Å²) in [5.41, 5.74) is 1.20. The Balaban J connectivity index is 1.61. The van der Waals surface area contributed by atoms with Crippen molar-refractivity contribution in [3.05, 3.63) is 18.0 Å². The minimum Gasteiger partial charge on any atom is -0.316 e. The van der Waals surface area contributed by atoms with E-state index in [1.165, 1.54) is 31.9 Å². The summed E-state index contributed by atoms with van der Waals surface area (Å²) in [5, 5.41) is 7.89. The number of hydrogen-bond donors (Lipinski definition) is 1. The Hall–Kier alpha value is -0.870. The molecule has 1 aromatic rings. The second kappa shape index (κ2) is 3.61. The maximum absolute atomic E-state index is 4.43. The van der Waals surface area contributed by atoms with Crippen molar-refractivity contribution in [2.45, 2.75) is 6.54 Å². The number of nitrogens with one attached hydrogen (secondary N) is 1.